The molecule has 2 aliphatic carbocycles. The maximum absolute atomic E-state index is 3.68. The van der Waals surface area contributed by atoms with Gasteiger partial charge in [-0.2, -0.15) is 0 Å². The number of rotatable bonds is 5. The number of benzene rings is 1. The van der Waals surface area contributed by atoms with Crippen LogP contribution in [-0.4, -0.2) is 6.54 Å². The van der Waals surface area contributed by atoms with Crippen molar-refractivity contribution in [3.05, 3.63) is 35.4 Å². The number of hydrogen-bond donors (Lipinski definition) is 1. The highest BCUT2D eigenvalue weighted by atomic mass is 14.9. The molecule has 19 heavy (non-hydrogen) atoms. The lowest BCUT2D eigenvalue weighted by Crippen LogP contribution is -2.26. The summed E-state index contributed by atoms with van der Waals surface area (Å²) in [7, 11) is 0. The first-order valence-electron chi connectivity index (χ1n) is 8.02. The number of nitrogens with one attached hydrogen (secondary N) is 1. The number of fused-ring (bicyclic) bond motifs is 2. The molecule has 0 aliphatic heterocycles. The van der Waals surface area contributed by atoms with Crippen molar-refractivity contribution < 1.29 is 0 Å². The van der Waals surface area contributed by atoms with E-state index in [-0.39, 0.29) is 0 Å². The predicted molar refractivity (Wildman–Crippen MR) is 81.2 cm³/mol. The van der Waals surface area contributed by atoms with Gasteiger partial charge < -0.3 is 5.32 Å². The standard InChI is InChI=1S/C18H27N/c1-13(2)16-6-3-14(4-7-16)11-19-12-18-10-15-5-8-17(18)9-15/h3-4,6-7,13,15,17-19H,5,8-12H2,1-2H3. The largest absolute Gasteiger partial charge is 0.312 e. The molecular weight excluding hydrogens is 230 g/mol. The van der Waals surface area contributed by atoms with Crippen LogP contribution in [0, 0.1) is 17.8 Å². The van der Waals surface area contributed by atoms with Crippen molar-refractivity contribution in [2.45, 2.75) is 52.0 Å². The summed E-state index contributed by atoms with van der Waals surface area (Å²) in [6, 6.07) is 9.12. The van der Waals surface area contributed by atoms with Gasteiger partial charge in [-0.25, -0.2) is 0 Å². The van der Waals surface area contributed by atoms with Crippen LogP contribution in [-0.2, 0) is 6.54 Å². The molecule has 104 valence electrons. The van der Waals surface area contributed by atoms with Gasteiger partial charge in [0.1, 0.15) is 0 Å². The van der Waals surface area contributed by atoms with Crippen molar-refractivity contribution in [2.75, 3.05) is 6.54 Å². The van der Waals surface area contributed by atoms with Gasteiger partial charge >= 0.3 is 0 Å². The smallest absolute Gasteiger partial charge is 0.0205 e. The Labute approximate surface area is 117 Å². The van der Waals surface area contributed by atoms with Gasteiger partial charge in [0.25, 0.3) is 0 Å². The lowest BCUT2D eigenvalue weighted by Gasteiger charge is -2.22. The molecule has 0 saturated heterocycles. The molecule has 0 spiro atoms. The molecule has 0 radical (unpaired) electrons. The van der Waals surface area contributed by atoms with E-state index in [2.05, 4.69) is 43.4 Å². The normalized spacial score (nSPS) is 29.3. The fraction of sp³-hybridized carbons (Fsp3) is 0.667. The molecule has 3 unspecified atom stereocenters. The van der Waals surface area contributed by atoms with E-state index >= 15 is 0 Å². The summed E-state index contributed by atoms with van der Waals surface area (Å²) in [6.07, 6.45) is 6.03. The van der Waals surface area contributed by atoms with Gasteiger partial charge in [0.2, 0.25) is 0 Å². The Morgan fingerprint density at radius 1 is 1.11 bits per heavy atom. The number of hydrogen-bond acceptors (Lipinski definition) is 1. The Morgan fingerprint density at radius 2 is 1.89 bits per heavy atom. The molecular formula is C18H27N. The topological polar surface area (TPSA) is 12.0 Å². The van der Waals surface area contributed by atoms with Crippen LogP contribution in [0.4, 0.5) is 0 Å². The molecule has 1 heteroatoms. The van der Waals surface area contributed by atoms with Gasteiger partial charge in [0.15, 0.2) is 0 Å². The average Bonchev–Trinajstić information content (AvgIpc) is 3.02. The van der Waals surface area contributed by atoms with Gasteiger partial charge in [0.05, 0.1) is 0 Å². The van der Waals surface area contributed by atoms with Crippen molar-refractivity contribution in [2.24, 2.45) is 17.8 Å². The minimum Gasteiger partial charge on any atom is -0.312 e. The Morgan fingerprint density at radius 3 is 2.47 bits per heavy atom. The summed E-state index contributed by atoms with van der Waals surface area (Å²) in [6.45, 7) is 6.77. The fourth-order valence-corrected chi connectivity index (χ4v) is 4.05. The molecule has 2 aliphatic rings. The second-order valence-corrected chi connectivity index (χ2v) is 6.96. The van der Waals surface area contributed by atoms with Crippen LogP contribution in [0.25, 0.3) is 0 Å². The molecule has 0 heterocycles. The zero-order chi connectivity index (χ0) is 13.2. The van der Waals surface area contributed by atoms with Crippen molar-refractivity contribution in [3.63, 3.8) is 0 Å². The minimum absolute atomic E-state index is 0.635. The van der Waals surface area contributed by atoms with Crippen LogP contribution < -0.4 is 5.32 Å². The van der Waals surface area contributed by atoms with Crippen molar-refractivity contribution in [1.29, 1.82) is 0 Å². The van der Waals surface area contributed by atoms with E-state index in [1.807, 2.05) is 0 Å². The summed E-state index contributed by atoms with van der Waals surface area (Å²) in [4.78, 5) is 0. The molecule has 1 aromatic rings. The van der Waals surface area contributed by atoms with Crippen molar-refractivity contribution >= 4 is 0 Å². The lowest BCUT2D eigenvalue weighted by molar-refractivity contribution is 0.318. The monoisotopic (exact) mass is 257 g/mol. The molecule has 2 saturated carbocycles. The highest BCUT2D eigenvalue weighted by Gasteiger charge is 2.38. The third-order valence-electron chi connectivity index (χ3n) is 5.27. The Balaban J connectivity index is 1.45. The third-order valence-corrected chi connectivity index (χ3v) is 5.27. The van der Waals surface area contributed by atoms with Crippen molar-refractivity contribution in [1.82, 2.24) is 5.32 Å². The fourth-order valence-electron chi connectivity index (χ4n) is 4.05. The van der Waals surface area contributed by atoms with E-state index in [1.54, 1.807) is 0 Å². The first-order valence-corrected chi connectivity index (χ1v) is 8.02. The summed E-state index contributed by atoms with van der Waals surface area (Å²) in [5, 5.41) is 3.68. The Kier molecular flexibility index (Phi) is 3.93. The Hall–Kier alpha value is -0.820. The predicted octanol–water partition coefficient (Wildman–Crippen LogP) is 4.34. The molecule has 0 aromatic heterocycles. The van der Waals surface area contributed by atoms with Crippen LogP contribution in [0.5, 0.6) is 0 Å². The first kappa shape index (κ1) is 13.2. The van der Waals surface area contributed by atoms with Gasteiger partial charge in [-0.3, -0.25) is 0 Å². The molecule has 3 atom stereocenters. The van der Waals surface area contributed by atoms with Gasteiger partial charge in [0, 0.05) is 6.54 Å². The maximum atomic E-state index is 3.68. The van der Waals surface area contributed by atoms with E-state index in [0.29, 0.717) is 5.92 Å². The lowest BCUT2D eigenvalue weighted by atomic mass is 9.89. The molecule has 0 amide bonds. The van der Waals surface area contributed by atoms with Gasteiger partial charge in [-0.05, 0) is 60.6 Å². The Bertz CT molecular complexity index is 406. The third kappa shape index (κ3) is 3.02. The van der Waals surface area contributed by atoms with Crippen molar-refractivity contribution in [3.8, 4) is 0 Å². The summed E-state index contributed by atoms with van der Waals surface area (Å²) in [5.41, 5.74) is 2.87. The zero-order valence-corrected chi connectivity index (χ0v) is 12.4. The molecule has 2 bridgehead atoms. The molecule has 1 nitrogen and oxygen atoms in total. The van der Waals surface area contributed by atoms with Gasteiger partial charge in [-0.1, -0.05) is 44.5 Å². The summed E-state index contributed by atoms with van der Waals surface area (Å²) in [5.74, 6) is 3.72. The summed E-state index contributed by atoms with van der Waals surface area (Å²) < 4.78 is 0. The molecule has 3 rings (SSSR count). The SMILES string of the molecule is CC(C)c1ccc(CNCC2CC3CCC2C3)cc1. The summed E-state index contributed by atoms with van der Waals surface area (Å²) >= 11 is 0. The second-order valence-electron chi connectivity index (χ2n) is 6.96. The first-order chi connectivity index (χ1) is 9.22. The molecule has 2 fully saturated rings. The van der Waals surface area contributed by atoms with Crippen LogP contribution >= 0.6 is 0 Å². The van der Waals surface area contributed by atoms with Crippen LogP contribution in [0.3, 0.4) is 0 Å². The van der Waals surface area contributed by atoms with E-state index in [9.17, 15) is 0 Å². The average molecular weight is 257 g/mol. The van der Waals surface area contributed by atoms with Crippen LogP contribution in [0.15, 0.2) is 24.3 Å². The highest BCUT2D eigenvalue weighted by Crippen LogP contribution is 2.47. The highest BCUT2D eigenvalue weighted by molar-refractivity contribution is 5.24. The zero-order valence-electron chi connectivity index (χ0n) is 12.4. The van der Waals surface area contributed by atoms with E-state index < -0.39 is 0 Å². The molecule has 1 aromatic carbocycles. The van der Waals surface area contributed by atoms with Crippen LogP contribution in [0.2, 0.25) is 0 Å². The second kappa shape index (κ2) is 5.66. The quantitative estimate of drug-likeness (QED) is 0.827. The molecule has 1 N–H and O–H groups in total. The van der Waals surface area contributed by atoms with E-state index in [0.717, 1.165) is 24.3 Å². The van der Waals surface area contributed by atoms with E-state index in [1.165, 1.54) is 43.4 Å². The maximum Gasteiger partial charge on any atom is 0.0205 e. The van der Waals surface area contributed by atoms with E-state index in [4.69, 9.17) is 0 Å². The van der Waals surface area contributed by atoms with Gasteiger partial charge in [-0.15, -0.1) is 0 Å². The minimum atomic E-state index is 0.635. The van der Waals surface area contributed by atoms with Crippen LogP contribution in [0.1, 0.15) is 56.6 Å².